The third kappa shape index (κ3) is 3.82. The highest BCUT2D eigenvalue weighted by Gasteiger charge is 2.28. The van der Waals surface area contributed by atoms with E-state index in [2.05, 4.69) is 10.3 Å². The summed E-state index contributed by atoms with van der Waals surface area (Å²) in [4.78, 5) is 16.3. The van der Waals surface area contributed by atoms with Gasteiger partial charge in [0.2, 0.25) is 15.9 Å². The van der Waals surface area contributed by atoms with Crippen LogP contribution in [-0.4, -0.2) is 47.5 Å². The molecule has 0 spiro atoms. The summed E-state index contributed by atoms with van der Waals surface area (Å²) in [5.74, 6) is -0.213. The molecule has 1 aromatic heterocycles. The molecule has 1 fully saturated rings. The van der Waals surface area contributed by atoms with E-state index in [4.69, 9.17) is 0 Å². The van der Waals surface area contributed by atoms with Crippen molar-refractivity contribution >= 4 is 21.6 Å². The molecule has 1 aromatic carbocycles. The zero-order chi connectivity index (χ0) is 17.2. The topological polar surface area (TPSA) is 84.3 Å². The Labute approximate surface area is 141 Å². The summed E-state index contributed by atoms with van der Waals surface area (Å²) in [6.45, 7) is 0.799. The Bertz CT molecular complexity index is 792. The van der Waals surface area contributed by atoms with Gasteiger partial charge in [-0.25, -0.2) is 17.7 Å². The van der Waals surface area contributed by atoms with Crippen molar-refractivity contribution in [1.82, 2.24) is 13.9 Å². The van der Waals surface area contributed by atoms with Crippen LogP contribution in [0, 0.1) is 5.92 Å². The number of anilines is 1. The summed E-state index contributed by atoms with van der Waals surface area (Å²) in [6.07, 6.45) is 7.57. The Morgan fingerprint density at radius 1 is 1.21 bits per heavy atom. The Kier molecular flexibility index (Phi) is 4.68. The maximum atomic E-state index is 12.3. The first-order chi connectivity index (χ1) is 11.4. The molecule has 24 heavy (non-hydrogen) atoms. The monoisotopic (exact) mass is 348 g/mol. The Morgan fingerprint density at radius 3 is 2.42 bits per heavy atom. The summed E-state index contributed by atoms with van der Waals surface area (Å²) < 4.78 is 26.3. The molecule has 1 aliphatic heterocycles. The smallest absolute Gasteiger partial charge is 0.227 e. The number of nitrogens with one attached hydrogen (secondary N) is 1. The first kappa shape index (κ1) is 16.7. The van der Waals surface area contributed by atoms with Crippen LogP contribution < -0.4 is 5.32 Å². The predicted molar refractivity (Wildman–Crippen MR) is 91.3 cm³/mol. The molecule has 0 bridgehead atoms. The molecule has 7 nitrogen and oxygen atoms in total. The van der Waals surface area contributed by atoms with Gasteiger partial charge >= 0.3 is 0 Å². The van der Waals surface area contributed by atoms with E-state index < -0.39 is 10.0 Å². The van der Waals surface area contributed by atoms with Crippen LogP contribution in [0.5, 0.6) is 0 Å². The fourth-order valence-electron chi connectivity index (χ4n) is 2.82. The lowest BCUT2D eigenvalue weighted by Crippen LogP contribution is -2.40. The van der Waals surface area contributed by atoms with Crippen molar-refractivity contribution in [2.24, 2.45) is 5.92 Å². The SMILES string of the molecule is CS(=O)(=O)N1CCC(C(=O)Nc2ccc(-n3ccnc3)cc2)CC1. The molecule has 2 aromatic rings. The van der Waals surface area contributed by atoms with Gasteiger partial charge in [-0.05, 0) is 37.1 Å². The number of imidazole rings is 1. The molecular weight excluding hydrogens is 328 g/mol. The van der Waals surface area contributed by atoms with Crippen LogP contribution in [0.1, 0.15) is 12.8 Å². The predicted octanol–water partition coefficient (Wildman–Crippen LogP) is 1.48. The van der Waals surface area contributed by atoms with Gasteiger partial charge in [0, 0.05) is 42.8 Å². The van der Waals surface area contributed by atoms with Gasteiger partial charge in [0.1, 0.15) is 0 Å². The number of hydrogen-bond acceptors (Lipinski definition) is 4. The van der Waals surface area contributed by atoms with Gasteiger partial charge in [0.25, 0.3) is 0 Å². The minimum atomic E-state index is -3.17. The molecule has 0 unspecified atom stereocenters. The minimum Gasteiger partial charge on any atom is -0.326 e. The van der Waals surface area contributed by atoms with Gasteiger partial charge in [-0.1, -0.05) is 0 Å². The summed E-state index contributed by atoms with van der Waals surface area (Å²) in [6, 6.07) is 7.50. The van der Waals surface area contributed by atoms with Crippen molar-refractivity contribution in [3.05, 3.63) is 43.0 Å². The second-order valence-corrected chi connectivity index (χ2v) is 7.92. The molecular formula is C16H20N4O3S. The number of carbonyl (C=O) groups is 1. The molecule has 0 radical (unpaired) electrons. The summed E-state index contributed by atoms with van der Waals surface area (Å²) >= 11 is 0. The van der Waals surface area contributed by atoms with Crippen LogP contribution in [0.25, 0.3) is 5.69 Å². The van der Waals surface area contributed by atoms with Crippen LogP contribution >= 0.6 is 0 Å². The average molecular weight is 348 g/mol. The third-order valence-corrected chi connectivity index (χ3v) is 5.53. The van der Waals surface area contributed by atoms with Crippen molar-refractivity contribution in [2.75, 3.05) is 24.7 Å². The van der Waals surface area contributed by atoms with E-state index >= 15 is 0 Å². The maximum absolute atomic E-state index is 12.3. The quantitative estimate of drug-likeness (QED) is 0.907. The highest BCUT2D eigenvalue weighted by atomic mass is 32.2. The number of sulfonamides is 1. The van der Waals surface area contributed by atoms with Gasteiger partial charge in [0.15, 0.2) is 0 Å². The van der Waals surface area contributed by atoms with Crippen LogP contribution in [0.15, 0.2) is 43.0 Å². The number of carbonyl (C=O) groups excluding carboxylic acids is 1. The summed E-state index contributed by atoms with van der Waals surface area (Å²) in [7, 11) is -3.17. The summed E-state index contributed by atoms with van der Waals surface area (Å²) in [5.41, 5.74) is 1.70. The van der Waals surface area contributed by atoms with Gasteiger partial charge in [-0.3, -0.25) is 4.79 Å². The lowest BCUT2D eigenvalue weighted by atomic mass is 9.97. The van der Waals surface area contributed by atoms with Crippen LogP contribution in [-0.2, 0) is 14.8 Å². The molecule has 128 valence electrons. The maximum Gasteiger partial charge on any atom is 0.227 e. The van der Waals surface area contributed by atoms with Crippen LogP contribution in [0.2, 0.25) is 0 Å². The molecule has 0 aliphatic carbocycles. The molecule has 1 aliphatic rings. The van der Waals surface area contributed by atoms with Crippen molar-refractivity contribution < 1.29 is 13.2 Å². The molecule has 1 N–H and O–H groups in total. The van der Waals surface area contributed by atoms with Gasteiger partial charge in [0.05, 0.1) is 12.6 Å². The molecule has 3 rings (SSSR count). The number of aromatic nitrogens is 2. The number of amides is 1. The molecule has 8 heteroatoms. The number of benzene rings is 1. The molecule has 2 heterocycles. The number of hydrogen-bond donors (Lipinski definition) is 1. The second kappa shape index (κ2) is 6.74. The first-order valence-corrected chi connectivity index (χ1v) is 9.63. The van der Waals surface area contributed by atoms with E-state index in [9.17, 15) is 13.2 Å². The number of piperidine rings is 1. The average Bonchev–Trinajstić information content (AvgIpc) is 3.09. The molecule has 0 atom stereocenters. The lowest BCUT2D eigenvalue weighted by molar-refractivity contribution is -0.120. The van der Waals surface area contributed by atoms with E-state index in [0.717, 1.165) is 11.4 Å². The normalized spacial score (nSPS) is 16.9. The number of nitrogens with zero attached hydrogens (tertiary/aromatic N) is 3. The first-order valence-electron chi connectivity index (χ1n) is 7.78. The Morgan fingerprint density at radius 2 is 1.88 bits per heavy atom. The minimum absolute atomic E-state index is 0.0569. The molecule has 1 saturated heterocycles. The molecule has 0 saturated carbocycles. The van der Waals surface area contributed by atoms with E-state index in [1.807, 2.05) is 35.0 Å². The third-order valence-electron chi connectivity index (χ3n) is 4.23. The fraction of sp³-hybridized carbons (Fsp3) is 0.375. The highest BCUT2D eigenvalue weighted by Crippen LogP contribution is 2.21. The largest absolute Gasteiger partial charge is 0.326 e. The number of rotatable bonds is 4. The van der Waals surface area contributed by atoms with Crippen LogP contribution in [0.4, 0.5) is 5.69 Å². The van der Waals surface area contributed by atoms with Gasteiger partial charge in [-0.15, -0.1) is 0 Å². The molecule has 1 amide bonds. The van der Waals surface area contributed by atoms with E-state index in [0.29, 0.717) is 25.9 Å². The van der Waals surface area contributed by atoms with E-state index in [-0.39, 0.29) is 11.8 Å². The van der Waals surface area contributed by atoms with Crippen molar-refractivity contribution in [3.8, 4) is 5.69 Å². The zero-order valence-corrected chi connectivity index (χ0v) is 14.2. The Balaban J connectivity index is 1.58. The van der Waals surface area contributed by atoms with E-state index in [1.54, 1.807) is 12.5 Å². The lowest BCUT2D eigenvalue weighted by Gasteiger charge is -2.29. The van der Waals surface area contributed by atoms with Crippen LogP contribution in [0.3, 0.4) is 0 Å². The van der Waals surface area contributed by atoms with E-state index in [1.165, 1.54) is 10.6 Å². The second-order valence-electron chi connectivity index (χ2n) is 5.94. The standard InChI is InChI=1S/C16H20N4O3S/c1-24(22,23)20-9-6-13(7-10-20)16(21)18-14-2-4-15(5-3-14)19-11-8-17-12-19/h2-5,8,11-13H,6-7,9-10H2,1H3,(H,18,21). The fourth-order valence-corrected chi connectivity index (χ4v) is 3.70. The Hall–Kier alpha value is -2.19. The van der Waals surface area contributed by atoms with Gasteiger partial charge < -0.3 is 9.88 Å². The van der Waals surface area contributed by atoms with Crippen molar-refractivity contribution in [1.29, 1.82) is 0 Å². The van der Waals surface area contributed by atoms with Crippen molar-refractivity contribution in [3.63, 3.8) is 0 Å². The zero-order valence-electron chi connectivity index (χ0n) is 13.4. The van der Waals surface area contributed by atoms with Crippen molar-refractivity contribution in [2.45, 2.75) is 12.8 Å². The summed E-state index contributed by atoms with van der Waals surface area (Å²) in [5, 5.41) is 2.91. The highest BCUT2D eigenvalue weighted by molar-refractivity contribution is 7.88. The van der Waals surface area contributed by atoms with Gasteiger partial charge in [-0.2, -0.15) is 0 Å².